The lowest BCUT2D eigenvalue weighted by Crippen LogP contribution is -2.46. The number of pyridine rings is 2. The van der Waals surface area contributed by atoms with Crippen molar-refractivity contribution >= 4 is 28.6 Å². The van der Waals surface area contributed by atoms with Crippen molar-refractivity contribution in [2.45, 2.75) is 31.7 Å². The first-order valence-corrected chi connectivity index (χ1v) is 11.2. The lowest BCUT2D eigenvalue weighted by Gasteiger charge is -2.30. The molecule has 1 aliphatic carbocycles. The zero-order chi connectivity index (χ0) is 22.8. The van der Waals surface area contributed by atoms with Crippen LogP contribution in [0.2, 0.25) is 0 Å². The molecule has 33 heavy (non-hydrogen) atoms. The smallest absolute Gasteiger partial charge is 0.285 e. The van der Waals surface area contributed by atoms with Gasteiger partial charge in [0.15, 0.2) is 18.2 Å². The Morgan fingerprint density at radius 2 is 2.06 bits per heavy atom. The summed E-state index contributed by atoms with van der Waals surface area (Å²) >= 11 is 0. The molecule has 2 N–H and O–H groups in total. The van der Waals surface area contributed by atoms with Crippen LogP contribution in [0.5, 0.6) is 5.75 Å². The zero-order valence-electron chi connectivity index (χ0n) is 18.4. The van der Waals surface area contributed by atoms with E-state index in [2.05, 4.69) is 25.6 Å². The zero-order valence-corrected chi connectivity index (χ0v) is 18.4. The minimum Gasteiger partial charge on any atom is -0.491 e. The van der Waals surface area contributed by atoms with Crippen molar-refractivity contribution in [3.63, 3.8) is 0 Å². The summed E-state index contributed by atoms with van der Waals surface area (Å²) in [6.45, 7) is 1.15. The Hall–Kier alpha value is -3.53. The molecule has 0 radical (unpaired) electrons. The molecule has 1 saturated carbocycles. The van der Waals surface area contributed by atoms with E-state index in [1.807, 2.05) is 6.07 Å². The lowest BCUT2D eigenvalue weighted by atomic mass is 9.86. The van der Waals surface area contributed by atoms with Crippen LogP contribution in [0.15, 0.2) is 51.1 Å². The number of carbonyl (C=O) groups excluding carboxylic acids is 1. The average Bonchev–Trinajstić information content (AvgIpc) is 2.84. The third kappa shape index (κ3) is 4.65. The fourth-order valence-electron chi connectivity index (χ4n) is 4.38. The van der Waals surface area contributed by atoms with Gasteiger partial charge in [-0.3, -0.25) is 14.6 Å². The number of nitrogens with one attached hydrogen (secondary N) is 2. The van der Waals surface area contributed by atoms with E-state index in [9.17, 15) is 9.59 Å². The van der Waals surface area contributed by atoms with Gasteiger partial charge in [0.05, 0.1) is 24.9 Å². The van der Waals surface area contributed by atoms with Crippen LogP contribution in [0.3, 0.4) is 0 Å². The van der Waals surface area contributed by atoms with Gasteiger partial charge in [-0.2, -0.15) is 4.99 Å². The Kier molecular flexibility index (Phi) is 5.91. The van der Waals surface area contributed by atoms with E-state index in [0.29, 0.717) is 42.5 Å². The molecular weight excluding hydrogens is 424 g/mol. The molecule has 0 unspecified atom stereocenters. The third-order valence-corrected chi connectivity index (χ3v) is 6.27. The van der Waals surface area contributed by atoms with Crippen LogP contribution in [0.1, 0.15) is 25.7 Å². The molecule has 10 heteroatoms. The van der Waals surface area contributed by atoms with Gasteiger partial charge in [0, 0.05) is 31.4 Å². The normalized spacial score (nSPS) is 22.5. The maximum absolute atomic E-state index is 12.0. The van der Waals surface area contributed by atoms with Gasteiger partial charge in [-0.05, 0) is 37.7 Å². The number of nitrogens with zero attached hydrogens (tertiary/aromatic N) is 4. The Bertz CT molecular complexity index is 1220. The van der Waals surface area contributed by atoms with Crippen molar-refractivity contribution in [3.05, 3.63) is 46.7 Å². The van der Waals surface area contributed by atoms with Gasteiger partial charge in [-0.15, -0.1) is 0 Å². The SMILES string of the molecule is Cn1c(=O)ccc2nccc(OCC3CCC(NCC4=NC=C5OCC(=O)N=C5N4)CC3)c21. The molecule has 2 aromatic rings. The molecule has 5 rings (SSSR count). The molecule has 2 aliphatic heterocycles. The summed E-state index contributed by atoms with van der Waals surface area (Å²) in [6, 6.07) is 5.47. The summed E-state index contributed by atoms with van der Waals surface area (Å²) in [5.74, 6) is 2.51. The second kappa shape index (κ2) is 9.14. The Morgan fingerprint density at radius 3 is 2.91 bits per heavy atom. The van der Waals surface area contributed by atoms with Crippen LogP contribution in [0.4, 0.5) is 0 Å². The number of hydrogen-bond donors (Lipinski definition) is 2. The fourth-order valence-corrected chi connectivity index (χ4v) is 4.38. The summed E-state index contributed by atoms with van der Waals surface area (Å²) in [6.07, 6.45) is 7.51. The summed E-state index contributed by atoms with van der Waals surface area (Å²) in [7, 11) is 1.74. The van der Waals surface area contributed by atoms with Crippen LogP contribution in [-0.4, -0.2) is 52.9 Å². The highest BCUT2D eigenvalue weighted by atomic mass is 16.5. The summed E-state index contributed by atoms with van der Waals surface area (Å²) in [4.78, 5) is 36.1. The van der Waals surface area contributed by atoms with Crippen LogP contribution < -0.4 is 20.9 Å². The van der Waals surface area contributed by atoms with E-state index in [4.69, 9.17) is 9.47 Å². The van der Waals surface area contributed by atoms with Crippen molar-refractivity contribution in [2.75, 3.05) is 19.8 Å². The van der Waals surface area contributed by atoms with Gasteiger partial charge in [-0.25, -0.2) is 4.99 Å². The number of carbonyl (C=O) groups is 1. The predicted octanol–water partition coefficient (Wildman–Crippen LogP) is 1.26. The predicted molar refractivity (Wildman–Crippen MR) is 123 cm³/mol. The Balaban J connectivity index is 1.11. The summed E-state index contributed by atoms with van der Waals surface area (Å²) < 4.78 is 13.0. The van der Waals surface area contributed by atoms with Crippen LogP contribution in [0.25, 0.3) is 11.0 Å². The lowest BCUT2D eigenvalue weighted by molar-refractivity contribution is -0.121. The molecule has 172 valence electrons. The van der Waals surface area contributed by atoms with E-state index in [-0.39, 0.29) is 18.1 Å². The molecule has 3 aliphatic rings. The maximum Gasteiger partial charge on any atom is 0.285 e. The molecule has 0 aromatic carbocycles. The van der Waals surface area contributed by atoms with Gasteiger partial charge in [0.1, 0.15) is 17.1 Å². The summed E-state index contributed by atoms with van der Waals surface area (Å²) in [5.41, 5.74) is 1.40. The molecule has 0 atom stereocenters. The number of ether oxygens (including phenoxy) is 2. The minimum atomic E-state index is -0.300. The van der Waals surface area contributed by atoms with Crippen molar-refractivity contribution in [2.24, 2.45) is 23.0 Å². The minimum absolute atomic E-state index is 0.0391. The standard InChI is InChI=1S/C23H26N6O4/c1-29-21(31)7-6-16-22(29)17(8-9-24-16)32-12-14-2-4-15(5-3-14)25-11-19-26-10-18-23(27-19)28-20(30)13-33-18/h6-10,14-15,25H,2-5,11-13H2,1H3,(H,26,27,28,30). The van der Waals surface area contributed by atoms with Gasteiger partial charge in [0.2, 0.25) is 0 Å². The Labute approximate surface area is 190 Å². The monoisotopic (exact) mass is 450 g/mol. The number of aryl methyl sites for hydroxylation is 1. The number of rotatable bonds is 6. The topological polar surface area (TPSA) is 119 Å². The van der Waals surface area contributed by atoms with Crippen molar-refractivity contribution in [3.8, 4) is 5.75 Å². The molecule has 1 fully saturated rings. The van der Waals surface area contributed by atoms with Crippen molar-refractivity contribution in [1.29, 1.82) is 0 Å². The number of amidine groups is 2. The van der Waals surface area contributed by atoms with Crippen LogP contribution in [0, 0.1) is 5.92 Å². The van der Waals surface area contributed by atoms with E-state index in [1.165, 1.54) is 6.07 Å². The maximum atomic E-state index is 12.0. The largest absolute Gasteiger partial charge is 0.491 e. The highest BCUT2D eigenvalue weighted by Crippen LogP contribution is 2.27. The first-order valence-electron chi connectivity index (χ1n) is 11.2. The Morgan fingerprint density at radius 1 is 1.21 bits per heavy atom. The fraction of sp³-hybridized carbons (Fsp3) is 0.435. The second-order valence-corrected chi connectivity index (χ2v) is 8.52. The first kappa shape index (κ1) is 21.3. The van der Waals surface area contributed by atoms with Gasteiger partial charge < -0.3 is 24.7 Å². The highest BCUT2D eigenvalue weighted by molar-refractivity contribution is 6.15. The second-order valence-electron chi connectivity index (χ2n) is 8.52. The molecule has 0 saturated heterocycles. The van der Waals surface area contributed by atoms with Gasteiger partial charge in [0.25, 0.3) is 11.5 Å². The van der Waals surface area contributed by atoms with Crippen molar-refractivity contribution in [1.82, 2.24) is 20.2 Å². The molecule has 0 bridgehead atoms. The van der Waals surface area contributed by atoms with Gasteiger partial charge >= 0.3 is 0 Å². The molecule has 10 nitrogen and oxygen atoms in total. The first-order chi connectivity index (χ1) is 16.1. The number of fused-ring (bicyclic) bond motifs is 2. The molecule has 1 amide bonds. The quantitative estimate of drug-likeness (QED) is 0.680. The van der Waals surface area contributed by atoms with Crippen molar-refractivity contribution < 1.29 is 14.3 Å². The number of aliphatic imine (C=N–C) groups is 2. The molecular formula is C23H26N6O4. The third-order valence-electron chi connectivity index (χ3n) is 6.27. The number of amides is 1. The number of hydrogen-bond acceptors (Lipinski definition) is 8. The molecule has 2 aromatic heterocycles. The van der Waals surface area contributed by atoms with Crippen LogP contribution >= 0.6 is 0 Å². The van der Waals surface area contributed by atoms with E-state index in [0.717, 1.165) is 42.6 Å². The van der Waals surface area contributed by atoms with E-state index < -0.39 is 0 Å². The highest BCUT2D eigenvalue weighted by Gasteiger charge is 2.25. The number of aromatic nitrogens is 2. The molecule has 0 spiro atoms. The summed E-state index contributed by atoms with van der Waals surface area (Å²) in [5, 5.41) is 6.61. The van der Waals surface area contributed by atoms with Crippen LogP contribution in [-0.2, 0) is 16.6 Å². The van der Waals surface area contributed by atoms with E-state index >= 15 is 0 Å². The van der Waals surface area contributed by atoms with E-state index in [1.54, 1.807) is 30.1 Å². The van der Waals surface area contributed by atoms with Gasteiger partial charge in [-0.1, -0.05) is 0 Å². The average molecular weight is 450 g/mol. The molecule has 4 heterocycles.